The monoisotopic (exact) mass is 296 g/mol. The van der Waals surface area contributed by atoms with Crippen LogP contribution in [0.4, 0.5) is 8.78 Å². The van der Waals surface area contributed by atoms with Crippen LogP contribution in [0.2, 0.25) is 0 Å². The van der Waals surface area contributed by atoms with Crippen LogP contribution in [0, 0.1) is 12.7 Å². The molecule has 4 heteroatoms. The number of rotatable bonds is 3. The van der Waals surface area contributed by atoms with Crippen LogP contribution in [0.15, 0.2) is 54.9 Å². The van der Waals surface area contributed by atoms with Gasteiger partial charge in [-0.05, 0) is 29.7 Å². The van der Waals surface area contributed by atoms with E-state index in [9.17, 15) is 8.78 Å². The van der Waals surface area contributed by atoms with Gasteiger partial charge in [-0.25, -0.2) is 18.7 Å². The molecule has 1 heterocycles. The molecular formula is C18H14F2N2. The average molecular weight is 296 g/mol. The first-order chi connectivity index (χ1) is 10.7. The van der Waals surface area contributed by atoms with Crippen molar-refractivity contribution in [2.24, 2.45) is 0 Å². The molecule has 0 aliphatic carbocycles. The Kier molecular flexibility index (Phi) is 3.92. The fourth-order valence-corrected chi connectivity index (χ4v) is 2.19. The van der Waals surface area contributed by atoms with Gasteiger partial charge in [-0.2, -0.15) is 0 Å². The van der Waals surface area contributed by atoms with E-state index in [0.717, 1.165) is 16.7 Å². The summed E-state index contributed by atoms with van der Waals surface area (Å²) in [4.78, 5) is 8.55. The van der Waals surface area contributed by atoms with Gasteiger partial charge in [-0.1, -0.05) is 36.4 Å². The maximum Gasteiger partial charge on any atom is 0.159 e. The van der Waals surface area contributed by atoms with E-state index < -0.39 is 12.5 Å². The Labute approximate surface area is 127 Å². The molecule has 3 aromatic rings. The summed E-state index contributed by atoms with van der Waals surface area (Å²) >= 11 is 0. The maximum absolute atomic E-state index is 13.7. The number of aryl methyl sites for hydroxylation is 1. The number of hydrogen-bond acceptors (Lipinski definition) is 2. The van der Waals surface area contributed by atoms with Crippen molar-refractivity contribution in [1.82, 2.24) is 9.97 Å². The lowest BCUT2D eigenvalue weighted by atomic mass is 10.0. The first-order valence-electron chi connectivity index (χ1n) is 6.91. The van der Waals surface area contributed by atoms with E-state index in [0.29, 0.717) is 11.4 Å². The zero-order valence-electron chi connectivity index (χ0n) is 12.1. The summed E-state index contributed by atoms with van der Waals surface area (Å²) in [7, 11) is 0. The van der Waals surface area contributed by atoms with Crippen LogP contribution in [0.3, 0.4) is 0 Å². The molecular weight excluding hydrogens is 282 g/mol. The van der Waals surface area contributed by atoms with E-state index >= 15 is 0 Å². The van der Waals surface area contributed by atoms with Crippen molar-refractivity contribution in [3.8, 4) is 22.5 Å². The van der Waals surface area contributed by atoms with Crippen molar-refractivity contribution < 1.29 is 8.78 Å². The Hall–Kier alpha value is -2.62. The number of benzene rings is 2. The van der Waals surface area contributed by atoms with Gasteiger partial charge < -0.3 is 0 Å². The van der Waals surface area contributed by atoms with E-state index in [1.165, 1.54) is 12.1 Å². The molecule has 1 aromatic heterocycles. The SMILES string of the molecule is Cc1cnc(-c2ccc(-c3ccc(CF)c(F)c3)cc2)nc1. The predicted octanol–water partition coefficient (Wildman–Crippen LogP) is 4.73. The normalized spacial score (nSPS) is 10.7. The van der Waals surface area contributed by atoms with E-state index in [-0.39, 0.29) is 5.56 Å². The van der Waals surface area contributed by atoms with Crippen molar-refractivity contribution in [3.63, 3.8) is 0 Å². The fraction of sp³-hybridized carbons (Fsp3) is 0.111. The molecule has 0 saturated carbocycles. The van der Waals surface area contributed by atoms with E-state index in [2.05, 4.69) is 9.97 Å². The topological polar surface area (TPSA) is 25.8 Å². The summed E-state index contributed by atoms with van der Waals surface area (Å²) < 4.78 is 26.2. The van der Waals surface area contributed by atoms with Gasteiger partial charge in [-0.15, -0.1) is 0 Å². The Morgan fingerprint density at radius 1 is 0.864 bits per heavy atom. The smallest absolute Gasteiger partial charge is 0.159 e. The molecule has 0 aliphatic heterocycles. The third-order valence-electron chi connectivity index (χ3n) is 3.45. The third-order valence-corrected chi connectivity index (χ3v) is 3.45. The summed E-state index contributed by atoms with van der Waals surface area (Å²) in [5.74, 6) is 0.127. The summed E-state index contributed by atoms with van der Waals surface area (Å²) in [5.41, 5.74) is 3.55. The van der Waals surface area contributed by atoms with Crippen LogP contribution in [0.25, 0.3) is 22.5 Å². The average Bonchev–Trinajstić information content (AvgIpc) is 2.56. The highest BCUT2D eigenvalue weighted by molar-refractivity contribution is 5.68. The molecule has 0 bridgehead atoms. The lowest BCUT2D eigenvalue weighted by Crippen LogP contribution is -1.90. The second-order valence-corrected chi connectivity index (χ2v) is 5.10. The standard InChI is InChI=1S/C18H14F2N2/c1-12-10-21-18(22-11-12)14-4-2-13(3-5-14)15-6-7-16(9-19)17(20)8-15/h2-8,10-11H,9H2,1H3. The predicted molar refractivity (Wildman–Crippen MR) is 82.4 cm³/mol. The first kappa shape index (κ1) is 14.3. The van der Waals surface area contributed by atoms with Gasteiger partial charge in [0.2, 0.25) is 0 Å². The summed E-state index contributed by atoms with van der Waals surface area (Å²) in [5, 5.41) is 0. The van der Waals surface area contributed by atoms with Gasteiger partial charge in [-0.3, -0.25) is 0 Å². The second-order valence-electron chi connectivity index (χ2n) is 5.10. The van der Waals surface area contributed by atoms with Gasteiger partial charge in [0.1, 0.15) is 12.5 Å². The molecule has 0 fully saturated rings. The molecule has 0 spiro atoms. The van der Waals surface area contributed by atoms with Crippen molar-refractivity contribution in [2.75, 3.05) is 0 Å². The molecule has 0 aliphatic rings. The summed E-state index contributed by atoms with van der Waals surface area (Å²) in [6, 6.07) is 12.1. The minimum atomic E-state index is -0.796. The number of halogens is 2. The lowest BCUT2D eigenvalue weighted by Gasteiger charge is -2.06. The Bertz CT molecular complexity index is 781. The van der Waals surface area contributed by atoms with E-state index in [1.807, 2.05) is 31.2 Å². The number of hydrogen-bond donors (Lipinski definition) is 0. The van der Waals surface area contributed by atoms with Crippen LogP contribution in [0.1, 0.15) is 11.1 Å². The molecule has 2 aromatic carbocycles. The maximum atomic E-state index is 13.7. The summed E-state index contributed by atoms with van der Waals surface area (Å²) in [6.45, 7) is 1.14. The van der Waals surface area contributed by atoms with Crippen molar-refractivity contribution in [3.05, 3.63) is 71.8 Å². The molecule has 0 radical (unpaired) electrons. The highest BCUT2D eigenvalue weighted by Gasteiger charge is 2.06. The molecule has 0 N–H and O–H groups in total. The van der Waals surface area contributed by atoms with E-state index in [4.69, 9.17) is 0 Å². The van der Waals surface area contributed by atoms with Gasteiger partial charge in [0, 0.05) is 23.5 Å². The minimum Gasteiger partial charge on any atom is -0.246 e. The van der Waals surface area contributed by atoms with Crippen LogP contribution in [-0.4, -0.2) is 9.97 Å². The summed E-state index contributed by atoms with van der Waals surface area (Å²) in [6.07, 6.45) is 3.53. The fourth-order valence-electron chi connectivity index (χ4n) is 2.19. The largest absolute Gasteiger partial charge is 0.246 e. The molecule has 2 nitrogen and oxygen atoms in total. The number of nitrogens with zero attached hydrogens (tertiary/aromatic N) is 2. The third kappa shape index (κ3) is 2.86. The van der Waals surface area contributed by atoms with Gasteiger partial charge >= 0.3 is 0 Å². The number of aromatic nitrogens is 2. The van der Waals surface area contributed by atoms with Crippen molar-refractivity contribution in [1.29, 1.82) is 0 Å². The Morgan fingerprint density at radius 2 is 1.45 bits per heavy atom. The van der Waals surface area contributed by atoms with Crippen molar-refractivity contribution in [2.45, 2.75) is 13.6 Å². The molecule has 3 rings (SSSR count). The zero-order valence-corrected chi connectivity index (χ0v) is 12.1. The quantitative estimate of drug-likeness (QED) is 0.698. The molecule has 110 valence electrons. The lowest BCUT2D eigenvalue weighted by molar-refractivity contribution is 0.464. The Morgan fingerprint density at radius 3 is 2.05 bits per heavy atom. The molecule has 0 unspecified atom stereocenters. The van der Waals surface area contributed by atoms with Gasteiger partial charge in [0.25, 0.3) is 0 Å². The molecule has 0 amide bonds. The Balaban J connectivity index is 1.91. The highest BCUT2D eigenvalue weighted by Crippen LogP contribution is 2.25. The van der Waals surface area contributed by atoms with Crippen LogP contribution < -0.4 is 0 Å². The van der Waals surface area contributed by atoms with Crippen LogP contribution >= 0.6 is 0 Å². The zero-order chi connectivity index (χ0) is 15.5. The second kappa shape index (κ2) is 6.02. The van der Waals surface area contributed by atoms with Crippen LogP contribution in [0.5, 0.6) is 0 Å². The highest BCUT2D eigenvalue weighted by atomic mass is 19.1. The van der Waals surface area contributed by atoms with Gasteiger partial charge in [0.05, 0.1) is 0 Å². The molecule has 0 saturated heterocycles. The molecule has 22 heavy (non-hydrogen) atoms. The number of alkyl halides is 1. The van der Waals surface area contributed by atoms with E-state index in [1.54, 1.807) is 18.5 Å². The van der Waals surface area contributed by atoms with Gasteiger partial charge in [0.15, 0.2) is 5.82 Å². The first-order valence-corrected chi connectivity index (χ1v) is 6.91. The molecule has 0 atom stereocenters. The van der Waals surface area contributed by atoms with Crippen LogP contribution in [-0.2, 0) is 6.67 Å². The van der Waals surface area contributed by atoms with Crippen molar-refractivity contribution >= 4 is 0 Å². The minimum absolute atomic E-state index is 0.0772.